The van der Waals surface area contributed by atoms with Gasteiger partial charge in [-0.05, 0) is 41.6 Å². The van der Waals surface area contributed by atoms with Crippen LogP contribution >= 0.6 is 11.8 Å². The molecule has 3 rings (SSSR count). The number of amides is 1. The molecule has 25 heavy (non-hydrogen) atoms. The van der Waals surface area contributed by atoms with E-state index in [-0.39, 0.29) is 11.7 Å². The predicted molar refractivity (Wildman–Crippen MR) is 96.1 cm³/mol. The van der Waals surface area contributed by atoms with Gasteiger partial charge in [0, 0.05) is 5.69 Å². The zero-order valence-electron chi connectivity index (χ0n) is 13.6. The molecule has 7 nitrogen and oxygen atoms in total. The van der Waals surface area contributed by atoms with E-state index in [9.17, 15) is 4.79 Å². The van der Waals surface area contributed by atoms with Gasteiger partial charge in [0.25, 0.3) is 0 Å². The van der Waals surface area contributed by atoms with Crippen LogP contribution < -0.4 is 10.1 Å². The number of carbonyl (C=O) groups is 1. The number of thioether (sulfide) groups is 1. The Morgan fingerprint density at radius 3 is 2.72 bits per heavy atom. The van der Waals surface area contributed by atoms with Gasteiger partial charge in [0.2, 0.25) is 11.1 Å². The number of nitrogens with zero attached hydrogens (tertiary/aromatic N) is 4. The molecule has 1 aromatic heterocycles. The van der Waals surface area contributed by atoms with Crippen LogP contribution in [0.5, 0.6) is 5.75 Å². The van der Waals surface area contributed by atoms with Crippen molar-refractivity contribution in [2.75, 3.05) is 17.7 Å². The quantitative estimate of drug-likeness (QED) is 0.656. The first-order valence-corrected chi connectivity index (χ1v) is 8.74. The number of aromatic nitrogens is 4. The molecule has 0 radical (unpaired) electrons. The number of hydrogen-bond donors (Lipinski definition) is 1. The van der Waals surface area contributed by atoms with E-state index < -0.39 is 0 Å². The van der Waals surface area contributed by atoms with Crippen LogP contribution in [-0.2, 0) is 4.79 Å². The van der Waals surface area contributed by atoms with Crippen molar-refractivity contribution in [1.82, 2.24) is 20.2 Å². The largest absolute Gasteiger partial charge is 0.492 e. The van der Waals surface area contributed by atoms with Gasteiger partial charge in [0.05, 0.1) is 12.4 Å². The number of benzene rings is 2. The zero-order chi connectivity index (χ0) is 17.5. The summed E-state index contributed by atoms with van der Waals surface area (Å²) in [6, 6.07) is 16.8. The molecule has 0 aliphatic carbocycles. The van der Waals surface area contributed by atoms with Crippen molar-refractivity contribution < 1.29 is 9.53 Å². The Labute approximate surface area is 149 Å². The maximum atomic E-state index is 12.1. The van der Waals surface area contributed by atoms with Gasteiger partial charge in [0.15, 0.2) is 0 Å². The summed E-state index contributed by atoms with van der Waals surface area (Å²) < 4.78 is 7.19. The fourth-order valence-electron chi connectivity index (χ4n) is 2.18. The van der Waals surface area contributed by atoms with E-state index in [1.54, 1.807) is 4.68 Å². The Kier molecular flexibility index (Phi) is 5.63. The number of rotatable bonds is 7. The van der Waals surface area contributed by atoms with Crippen LogP contribution in [0, 0.1) is 0 Å². The summed E-state index contributed by atoms with van der Waals surface area (Å²) in [7, 11) is 0. The third-order valence-corrected chi connectivity index (χ3v) is 4.14. The SMILES string of the molecule is CCOc1ccccc1-n1nnnc1SCC(=O)Nc1ccccc1. The van der Waals surface area contributed by atoms with Gasteiger partial charge in [-0.15, -0.1) is 5.10 Å². The number of carbonyl (C=O) groups excluding carboxylic acids is 1. The normalized spacial score (nSPS) is 10.4. The minimum absolute atomic E-state index is 0.121. The maximum Gasteiger partial charge on any atom is 0.234 e. The highest BCUT2D eigenvalue weighted by Crippen LogP contribution is 2.25. The molecule has 8 heteroatoms. The number of ether oxygens (including phenoxy) is 1. The van der Waals surface area contributed by atoms with Crippen LogP contribution in [0.15, 0.2) is 59.8 Å². The highest BCUT2D eigenvalue weighted by molar-refractivity contribution is 7.99. The van der Waals surface area contributed by atoms with Crippen LogP contribution in [-0.4, -0.2) is 38.5 Å². The van der Waals surface area contributed by atoms with Gasteiger partial charge >= 0.3 is 0 Å². The van der Waals surface area contributed by atoms with E-state index in [1.165, 1.54) is 11.8 Å². The first-order valence-electron chi connectivity index (χ1n) is 7.76. The monoisotopic (exact) mass is 355 g/mol. The van der Waals surface area contributed by atoms with Gasteiger partial charge < -0.3 is 10.1 Å². The minimum Gasteiger partial charge on any atom is -0.492 e. The van der Waals surface area contributed by atoms with Crippen molar-refractivity contribution in [3.05, 3.63) is 54.6 Å². The average molecular weight is 355 g/mol. The lowest BCUT2D eigenvalue weighted by atomic mass is 10.3. The molecule has 0 spiro atoms. The molecule has 0 aliphatic heterocycles. The Balaban J connectivity index is 1.69. The van der Waals surface area contributed by atoms with Crippen LogP contribution in [0.4, 0.5) is 5.69 Å². The minimum atomic E-state index is -0.121. The van der Waals surface area contributed by atoms with Crippen LogP contribution in [0.25, 0.3) is 5.69 Å². The van der Waals surface area contributed by atoms with Crippen molar-refractivity contribution in [2.45, 2.75) is 12.1 Å². The smallest absolute Gasteiger partial charge is 0.234 e. The molecular weight excluding hydrogens is 338 g/mol. The fourth-order valence-corrected chi connectivity index (χ4v) is 2.86. The van der Waals surface area contributed by atoms with Crippen molar-refractivity contribution in [1.29, 1.82) is 0 Å². The molecule has 0 bridgehead atoms. The van der Waals surface area contributed by atoms with Crippen molar-refractivity contribution in [2.24, 2.45) is 0 Å². The third kappa shape index (κ3) is 4.36. The summed E-state index contributed by atoms with van der Waals surface area (Å²) >= 11 is 1.26. The molecule has 0 saturated carbocycles. The maximum absolute atomic E-state index is 12.1. The van der Waals surface area contributed by atoms with Gasteiger partial charge in [-0.3, -0.25) is 4.79 Å². The second kappa shape index (κ2) is 8.29. The lowest BCUT2D eigenvalue weighted by Crippen LogP contribution is -2.14. The first-order chi connectivity index (χ1) is 12.3. The van der Waals surface area contributed by atoms with Crippen LogP contribution in [0.1, 0.15) is 6.92 Å². The van der Waals surface area contributed by atoms with E-state index >= 15 is 0 Å². The highest BCUT2D eigenvalue weighted by Gasteiger charge is 2.14. The van der Waals surface area contributed by atoms with Crippen LogP contribution in [0.2, 0.25) is 0 Å². The summed E-state index contributed by atoms with van der Waals surface area (Å²) in [5.41, 5.74) is 1.50. The third-order valence-electron chi connectivity index (χ3n) is 3.22. The molecule has 1 heterocycles. The number of nitrogens with one attached hydrogen (secondary N) is 1. The molecule has 128 valence electrons. The second-order valence-corrected chi connectivity index (χ2v) is 5.92. The second-order valence-electron chi connectivity index (χ2n) is 4.98. The molecule has 0 aliphatic rings. The van der Waals surface area contributed by atoms with E-state index in [0.29, 0.717) is 17.5 Å². The molecule has 0 atom stereocenters. The number of para-hydroxylation sites is 3. The van der Waals surface area contributed by atoms with Gasteiger partial charge in [0.1, 0.15) is 11.4 Å². The van der Waals surface area contributed by atoms with Gasteiger partial charge in [-0.25, -0.2) is 0 Å². The number of hydrogen-bond acceptors (Lipinski definition) is 6. The molecule has 0 fully saturated rings. The molecule has 1 N–H and O–H groups in total. The lowest BCUT2D eigenvalue weighted by Gasteiger charge is -2.10. The first kappa shape index (κ1) is 17.0. The summed E-state index contributed by atoms with van der Waals surface area (Å²) in [6.45, 7) is 2.46. The zero-order valence-corrected chi connectivity index (χ0v) is 14.4. The Hall–Kier alpha value is -2.87. The Morgan fingerprint density at radius 1 is 1.16 bits per heavy atom. The fraction of sp³-hybridized carbons (Fsp3) is 0.176. The molecule has 0 saturated heterocycles. The number of anilines is 1. The topological polar surface area (TPSA) is 81.9 Å². The summed E-state index contributed by atoms with van der Waals surface area (Å²) in [6.07, 6.45) is 0. The lowest BCUT2D eigenvalue weighted by molar-refractivity contribution is -0.113. The molecule has 2 aromatic carbocycles. The standard InChI is InChI=1S/C17H17N5O2S/c1-2-24-15-11-7-6-10-14(15)22-17(19-20-21-22)25-12-16(23)18-13-8-4-3-5-9-13/h3-11H,2,12H2,1H3,(H,18,23). The predicted octanol–water partition coefficient (Wildman–Crippen LogP) is 2.79. The summed E-state index contributed by atoms with van der Waals surface area (Å²) in [4.78, 5) is 12.1. The van der Waals surface area contributed by atoms with Crippen LogP contribution in [0.3, 0.4) is 0 Å². The van der Waals surface area contributed by atoms with Gasteiger partial charge in [-0.1, -0.05) is 42.1 Å². The number of tetrazole rings is 1. The van der Waals surface area contributed by atoms with Gasteiger partial charge in [-0.2, -0.15) is 4.68 Å². The van der Waals surface area contributed by atoms with Crippen molar-refractivity contribution >= 4 is 23.4 Å². The van der Waals surface area contributed by atoms with E-state index in [0.717, 1.165) is 11.4 Å². The highest BCUT2D eigenvalue weighted by atomic mass is 32.2. The molecule has 3 aromatic rings. The van der Waals surface area contributed by atoms with E-state index in [4.69, 9.17) is 4.74 Å². The molecular formula is C17H17N5O2S. The van der Waals surface area contributed by atoms with E-state index in [2.05, 4.69) is 20.8 Å². The van der Waals surface area contributed by atoms with E-state index in [1.807, 2.05) is 61.5 Å². The molecule has 1 amide bonds. The summed E-state index contributed by atoms with van der Waals surface area (Å²) in [5, 5.41) is 15.1. The Morgan fingerprint density at radius 2 is 1.92 bits per heavy atom. The molecule has 0 unspecified atom stereocenters. The van der Waals surface area contributed by atoms with Crippen molar-refractivity contribution in [3.8, 4) is 11.4 Å². The van der Waals surface area contributed by atoms with Crippen molar-refractivity contribution in [3.63, 3.8) is 0 Å². The summed E-state index contributed by atoms with van der Waals surface area (Å²) in [5.74, 6) is 0.767. The average Bonchev–Trinajstić information content (AvgIpc) is 3.10. The Bertz CT molecular complexity index is 838.